The van der Waals surface area contributed by atoms with Gasteiger partial charge in [-0.15, -0.1) is 0 Å². The smallest absolute Gasteiger partial charge is 0.336 e. The standard InChI is InChI=1S/C14H17F2NO3/c1-3-5-6-17(4-2)13(18)9-7-11(15)12(16)8-10(9)14(19)20/h7-8H,3-6H2,1-2H3,(H,19,20). The van der Waals surface area contributed by atoms with E-state index in [4.69, 9.17) is 5.11 Å². The minimum atomic E-state index is -1.46. The van der Waals surface area contributed by atoms with E-state index in [1.807, 2.05) is 6.92 Å². The zero-order valence-corrected chi connectivity index (χ0v) is 11.4. The molecule has 6 heteroatoms. The lowest BCUT2D eigenvalue weighted by Crippen LogP contribution is -2.33. The average Bonchev–Trinajstić information content (AvgIpc) is 2.41. The molecule has 0 bridgehead atoms. The molecular weight excluding hydrogens is 268 g/mol. The van der Waals surface area contributed by atoms with Gasteiger partial charge in [-0.2, -0.15) is 0 Å². The van der Waals surface area contributed by atoms with Gasteiger partial charge in [0.15, 0.2) is 11.6 Å². The molecule has 4 nitrogen and oxygen atoms in total. The monoisotopic (exact) mass is 285 g/mol. The molecule has 20 heavy (non-hydrogen) atoms. The van der Waals surface area contributed by atoms with Crippen molar-refractivity contribution in [2.75, 3.05) is 13.1 Å². The average molecular weight is 285 g/mol. The zero-order valence-electron chi connectivity index (χ0n) is 11.4. The van der Waals surface area contributed by atoms with E-state index in [0.717, 1.165) is 12.8 Å². The van der Waals surface area contributed by atoms with Crippen LogP contribution in [0.2, 0.25) is 0 Å². The van der Waals surface area contributed by atoms with Crippen LogP contribution in [0.3, 0.4) is 0 Å². The summed E-state index contributed by atoms with van der Waals surface area (Å²) in [5, 5.41) is 9.00. The van der Waals surface area contributed by atoms with Crippen molar-refractivity contribution < 1.29 is 23.5 Å². The van der Waals surface area contributed by atoms with E-state index in [1.165, 1.54) is 4.90 Å². The SMILES string of the molecule is CCCCN(CC)C(=O)c1cc(F)c(F)cc1C(=O)O. The first kappa shape index (κ1) is 16.1. The number of nitrogens with zero attached hydrogens (tertiary/aromatic N) is 1. The predicted molar refractivity (Wildman–Crippen MR) is 69.8 cm³/mol. The Morgan fingerprint density at radius 1 is 1.15 bits per heavy atom. The van der Waals surface area contributed by atoms with Crippen molar-refractivity contribution in [3.63, 3.8) is 0 Å². The summed E-state index contributed by atoms with van der Waals surface area (Å²) in [5.74, 6) is -4.57. The third-order valence-corrected chi connectivity index (χ3v) is 2.97. The van der Waals surface area contributed by atoms with Crippen LogP contribution in [0.15, 0.2) is 12.1 Å². The molecule has 0 unspecified atom stereocenters. The fourth-order valence-corrected chi connectivity index (χ4v) is 1.82. The molecule has 1 aromatic carbocycles. The normalized spacial score (nSPS) is 10.4. The molecule has 0 saturated heterocycles. The number of hydrogen-bond donors (Lipinski definition) is 1. The number of hydrogen-bond acceptors (Lipinski definition) is 2. The Morgan fingerprint density at radius 2 is 1.70 bits per heavy atom. The van der Waals surface area contributed by atoms with E-state index in [1.54, 1.807) is 6.92 Å². The summed E-state index contributed by atoms with van der Waals surface area (Å²) in [6, 6.07) is 1.19. The second-order valence-corrected chi connectivity index (χ2v) is 4.36. The van der Waals surface area contributed by atoms with Crippen molar-refractivity contribution in [1.82, 2.24) is 4.90 Å². The first-order chi connectivity index (χ1) is 9.42. The van der Waals surface area contributed by atoms with Gasteiger partial charge in [0.25, 0.3) is 5.91 Å². The molecule has 0 saturated carbocycles. The molecule has 0 heterocycles. The van der Waals surface area contributed by atoms with Crippen molar-refractivity contribution in [3.05, 3.63) is 34.9 Å². The van der Waals surface area contributed by atoms with E-state index in [9.17, 15) is 18.4 Å². The number of benzene rings is 1. The molecular formula is C14H17F2NO3. The summed E-state index contributed by atoms with van der Waals surface area (Å²) in [5.41, 5.74) is -0.849. The van der Waals surface area contributed by atoms with Crippen LogP contribution in [-0.4, -0.2) is 35.0 Å². The second kappa shape index (κ2) is 6.98. The lowest BCUT2D eigenvalue weighted by molar-refractivity contribution is 0.0675. The first-order valence-corrected chi connectivity index (χ1v) is 6.43. The molecule has 1 amide bonds. The number of carbonyl (C=O) groups is 2. The Hall–Kier alpha value is -1.98. The Kier molecular flexibility index (Phi) is 5.61. The number of carbonyl (C=O) groups excluding carboxylic acids is 1. The maximum absolute atomic E-state index is 13.3. The van der Waals surface area contributed by atoms with E-state index < -0.39 is 29.1 Å². The number of carboxylic acids is 1. The minimum Gasteiger partial charge on any atom is -0.478 e. The van der Waals surface area contributed by atoms with Crippen LogP contribution in [0.1, 0.15) is 47.4 Å². The third-order valence-electron chi connectivity index (χ3n) is 2.97. The van der Waals surface area contributed by atoms with Crippen molar-refractivity contribution in [2.24, 2.45) is 0 Å². The summed E-state index contributed by atoms with van der Waals surface area (Å²) < 4.78 is 26.4. The molecule has 1 N–H and O–H groups in total. The van der Waals surface area contributed by atoms with Gasteiger partial charge in [-0.05, 0) is 25.5 Å². The van der Waals surface area contributed by atoms with Crippen LogP contribution in [0, 0.1) is 11.6 Å². The van der Waals surface area contributed by atoms with Gasteiger partial charge in [0.05, 0.1) is 11.1 Å². The number of unbranched alkanes of at least 4 members (excludes halogenated alkanes) is 1. The van der Waals surface area contributed by atoms with Crippen LogP contribution in [0.25, 0.3) is 0 Å². The number of amides is 1. The van der Waals surface area contributed by atoms with Crippen LogP contribution in [0.4, 0.5) is 8.78 Å². The molecule has 0 atom stereocenters. The Balaban J connectivity index is 3.19. The lowest BCUT2D eigenvalue weighted by Gasteiger charge is -2.21. The zero-order chi connectivity index (χ0) is 15.3. The Morgan fingerprint density at radius 3 is 2.15 bits per heavy atom. The quantitative estimate of drug-likeness (QED) is 0.874. The summed E-state index contributed by atoms with van der Waals surface area (Å²) in [7, 11) is 0. The van der Waals surface area contributed by atoms with Crippen LogP contribution in [-0.2, 0) is 0 Å². The third kappa shape index (κ3) is 3.53. The van der Waals surface area contributed by atoms with Crippen LogP contribution >= 0.6 is 0 Å². The molecule has 0 aliphatic rings. The lowest BCUT2D eigenvalue weighted by atomic mass is 10.1. The molecule has 0 aliphatic heterocycles. The van der Waals surface area contributed by atoms with Gasteiger partial charge in [-0.25, -0.2) is 13.6 Å². The molecule has 0 aromatic heterocycles. The topological polar surface area (TPSA) is 57.6 Å². The highest BCUT2D eigenvalue weighted by Crippen LogP contribution is 2.17. The first-order valence-electron chi connectivity index (χ1n) is 6.43. The molecule has 110 valence electrons. The van der Waals surface area contributed by atoms with Crippen molar-refractivity contribution >= 4 is 11.9 Å². The summed E-state index contributed by atoms with van der Waals surface area (Å²) >= 11 is 0. The van der Waals surface area contributed by atoms with Gasteiger partial charge in [-0.3, -0.25) is 4.79 Å². The largest absolute Gasteiger partial charge is 0.478 e. The van der Waals surface area contributed by atoms with Gasteiger partial charge >= 0.3 is 5.97 Å². The van der Waals surface area contributed by atoms with Gasteiger partial charge in [0.2, 0.25) is 0 Å². The summed E-state index contributed by atoms with van der Waals surface area (Å²) in [6.45, 7) is 4.52. The van der Waals surface area contributed by atoms with E-state index in [-0.39, 0.29) is 5.56 Å². The Labute approximate surface area is 116 Å². The van der Waals surface area contributed by atoms with Gasteiger partial charge in [0, 0.05) is 13.1 Å². The van der Waals surface area contributed by atoms with Gasteiger partial charge in [0.1, 0.15) is 0 Å². The Bertz CT molecular complexity index is 517. The van der Waals surface area contributed by atoms with Crippen molar-refractivity contribution in [3.8, 4) is 0 Å². The molecule has 0 radical (unpaired) electrons. The molecule has 1 rings (SSSR count). The highest BCUT2D eigenvalue weighted by Gasteiger charge is 2.23. The molecule has 0 spiro atoms. The number of rotatable bonds is 6. The van der Waals surface area contributed by atoms with Gasteiger partial charge in [-0.1, -0.05) is 13.3 Å². The van der Waals surface area contributed by atoms with Crippen LogP contribution in [0.5, 0.6) is 0 Å². The summed E-state index contributed by atoms with van der Waals surface area (Å²) in [4.78, 5) is 24.7. The highest BCUT2D eigenvalue weighted by molar-refractivity contribution is 6.04. The fraction of sp³-hybridized carbons (Fsp3) is 0.429. The predicted octanol–water partition coefficient (Wildman–Crippen LogP) is 2.93. The second-order valence-electron chi connectivity index (χ2n) is 4.36. The number of aromatic carboxylic acids is 1. The van der Waals surface area contributed by atoms with E-state index in [0.29, 0.717) is 25.2 Å². The minimum absolute atomic E-state index is 0.325. The fourth-order valence-electron chi connectivity index (χ4n) is 1.82. The van der Waals surface area contributed by atoms with E-state index in [2.05, 4.69) is 0 Å². The maximum Gasteiger partial charge on any atom is 0.336 e. The summed E-state index contributed by atoms with van der Waals surface area (Å²) in [6.07, 6.45) is 1.62. The van der Waals surface area contributed by atoms with Crippen LogP contribution < -0.4 is 0 Å². The van der Waals surface area contributed by atoms with Crippen molar-refractivity contribution in [1.29, 1.82) is 0 Å². The molecule has 1 aromatic rings. The highest BCUT2D eigenvalue weighted by atomic mass is 19.2. The number of halogens is 2. The van der Waals surface area contributed by atoms with E-state index >= 15 is 0 Å². The van der Waals surface area contributed by atoms with Gasteiger partial charge < -0.3 is 10.0 Å². The maximum atomic E-state index is 13.3. The van der Waals surface area contributed by atoms with Crippen molar-refractivity contribution in [2.45, 2.75) is 26.7 Å². The number of carboxylic acid groups (broad SMARTS) is 1. The molecule has 0 aliphatic carbocycles. The molecule has 0 fully saturated rings.